The molecule has 0 spiro atoms. The molecule has 0 aliphatic heterocycles. The first kappa shape index (κ1) is 19.9. The number of benzene rings is 1. The van der Waals surface area contributed by atoms with Crippen molar-refractivity contribution in [3.05, 3.63) is 29.8 Å². The Morgan fingerprint density at radius 3 is 2.30 bits per heavy atom. The van der Waals surface area contributed by atoms with Gasteiger partial charge in [-0.3, -0.25) is 0 Å². The molecule has 4 heteroatoms. The van der Waals surface area contributed by atoms with E-state index in [9.17, 15) is 0 Å². The van der Waals surface area contributed by atoms with Crippen LogP contribution in [-0.4, -0.2) is 62.7 Å². The Balaban J connectivity index is 2.25. The molecule has 0 radical (unpaired) electrons. The normalized spacial score (nSPS) is 12.8. The molecule has 0 fully saturated rings. The number of nitrogens with zero attached hydrogens (tertiary/aromatic N) is 2. The molecule has 0 aliphatic carbocycles. The molecule has 1 aromatic rings. The fourth-order valence-corrected chi connectivity index (χ4v) is 2.63. The molecule has 1 aromatic carbocycles. The number of nitrogens with one attached hydrogen (secondary N) is 1. The summed E-state index contributed by atoms with van der Waals surface area (Å²) in [7, 11) is 4.20. The molecule has 0 bridgehead atoms. The van der Waals surface area contributed by atoms with Crippen molar-refractivity contribution in [2.24, 2.45) is 0 Å². The lowest BCUT2D eigenvalue weighted by molar-refractivity contribution is 0.249. The minimum absolute atomic E-state index is 0.487. The van der Waals surface area contributed by atoms with Crippen LogP contribution >= 0.6 is 0 Å². The van der Waals surface area contributed by atoms with E-state index in [-0.39, 0.29) is 0 Å². The number of hydrogen-bond donors (Lipinski definition) is 1. The van der Waals surface area contributed by atoms with E-state index in [4.69, 9.17) is 4.74 Å². The van der Waals surface area contributed by atoms with E-state index in [0.29, 0.717) is 6.04 Å². The Bertz CT molecular complexity index is 402. The van der Waals surface area contributed by atoms with Gasteiger partial charge in [0.05, 0.1) is 6.61 Å². The van der Waals surface area contributed by atoms with Crippen LogP contribution in [-0.2, 0) is 6.54 Å². The van der Waals surface area contributed by atoms with Gasteiger partial charge in [0.25, 0.3) is 0 Å². The van der Waals surface area contributed by atoms with Crippen LogP contribution < -0.4 is 10.1 Å². The van der Waals surface area contributed by atoms with Gasteiger partial charge in [-0.2, -0.15) is 0 Å². The van der Waals surface area contributed by atoms with Crippen LogP contribution in [0.15, 0.2) is 24.3 Å². The molecule has 1 rings (SSSR count). The molecule has 0 aliphatic rings. The molecule has 23 heavy (non-hydrogen) atoms. The lowest BCUT2D eigenvalue weighted by atomic mass is 10.2. The molecule has 1 unspecified atom stereocenters. The first-order valence-corrected chi connectivity index (χ1v) is 8.87. The van der Waals surface area contributed by atoms with Crippen molar-refractivity contribution in [2.75, 3.05) is 46.9 Å². The summed E-state index contributed by atoms with van der Waals surface area (Å²) in [6.07, 6.45) is 1.08. The lowest BCUT2D eigenvalue weighted by Gasteiger charge is -2.18. The highest BCUT2D eigenvalue weighted by molar-refractivity contribution is 5.27. The first-order chi connectivity index (χ1) is 11.0. The quantitative estimate of drug-likeness (QED) is 0.599. The first-order valence-electron chi connectivity index (χ1n) is 8.87. The SMILES string of the molecule is CCN(CC)CCCOc1ccc(CNC(C)CN(C)C)cc1. The summed E-state index contributed by atoms with van der Waals surface area (Å²) in [5.74, 6) is 0.967. The van der Waals surface area contributed by atoms with Crippen LogP contribution in [0.1, 0.15) is 32.8 Å². The minimum Gasteiger partial charge on any atom is -0.494 e. The summed E-state index contributed by atoms with van der Waals surface area (Å²) in [5.41, 5.74) is 1.30. The fourth-order valence-electron chi connectivity index (χ4n) is 2.63. The topological polar surface area (TPSA) is 27.7 Å². The second-order valence-corrected chi connectivity index (χ2v) is 6.42. The Hall–Kier alpha value is -1.10. The molecular formula is C19H35N3O. The lowest BCUT2D eigenvalue weighted by Crippen LogP contribution is -2.35. The van der Waals surface area contributed by atoms with Gasteiger partial charge in [-0.15, -0.1) is 0 Å². The van der Waals surface area contributed by atoms with E-state index in [1.165, 1.54) is 5.56 Å². The zero-order valence-electron chi connectivity index (χ0n) is 15.6. The van der Waals surface area contributed by atoms with E-state index in [1.54, 1.807) is 0 Å². The van der Waals surface area contributed by atoms with E-state index in [1.807, 2.05) is 0 Å². The average molecular weight is 322 g/mol. The van der Waals surface area contributed by atoms with Gasteiger partial charge in [0.15, 0.2) is 0 Å². The molecule has 132 valence electrons. The highest BCUT2D eigenvalue weighted by Gasteiger charge is 2.03. The van der Waals surface area contributed by atoms with E-state index in [2.05, 4.69) is 74.2 Å². The average Bonchev–Trinajstić information content (AvgIpc) is 2.53. The Morgan fingerprint density at radius 1 is 1.09 bits per heavy atom. The largest absolute Gasteiger partial charge is 0.494 e. The molecule has 1 atom stereocenters. The smallest absolute Gasteiger partial charge is 0.119 e. The molecule has 0 heterocycles. The fraction of sp³-hybridized carbons (Fsp3) is 0.684. The van der Waals surface area contributed by atoms with Gasteiger partial charge in [0.1, 0.15) is 5.75 Å². The standard InChI is InChI=1S/C19H35N3O/c1-6-22(7-2)13-8-14-23-19-11-9-18(10-12-19)15-20-17(3)16-21(4)5/h9-12,17,20H,6-8,13-16H2,1-5H3. The number of ether oxygens (including phenoxy) is 1. The second kappa shape index (κ2) is 11.4. The van der Waals surface area contributed by atoms with Gasteiger partial charge >= 0.3 is 0 Å². The summed E-state index contributed by atoms with van der Waals surface area (Å²) >= 11 is 0. The molecule has 1 N–H and O–H groups in total. The third kappa shape index (κ3) is 8.94. The summed E-state index contributed by atoms with van der Waals surface area (Å²) in [5, 5.41) is 3.54. The third-order valence-corrected chi connectivity index (χ3v) is 4.00. The van der Waals surface area contributed by atoms with Crippen molar-refractivity contribution in [1.29, 1.82) is 0 Å². The molecule has 4 nitrogen and oxygen atoms in total. The van der Waals surface area contributed by atoms with E-state index >= 15 is 0 Å². The minimum atomic E-state index is 0.487. The van der Waals surface area contributed by atoms with Crippen LogP contribution in [0.3, 0.4) is 0 Å². The zero-order valence-corrected chi connectivity index (χ0v) is 15.6. The van der Waals surface area contributed by atoms with Crippen molar-refractivity contribution >= 4 is 0 Å². The van der Waals surface area contributed by atoms with Crippen molar-refractivity contribution in [3.63, 3.8) is 0 Å². The molecule has 0 saturated carbocycles. The summed E-state index contributed by atoms with van der Waals surface area (Å²) in [4.78, 5) is 4.62. The van der Waals surface area contributed by atoms with Gasteiger partial charge in [-0.05, 0) is 58.2 Å². The van der Waals surface area contributed by atoms with Crippen LogP contribution in [0.2, 0.25) is 0 Å². The predicted octanol–water partition coefficient (Wildman–Crippen LogP) is 2.84. The van der Waals surface area contributed by atoms with Crippen LogP contribution in [0.5, 0.6) is 5.75 Å². The van der Waals surface area contributed by atoms with Gasteiger partial charge in [0.2, 0.25) is 0 Å². The maximum absolute atomic E-state index is 5.82. The predicted molar refractivity (Wildman–Crippen MR) is 99.2 cm³/mol. The van der Waals surface area contributed by atoms with E-state index in [0.717, 1.165) is 51.5 Å². The molecule has 0 aromatic heterocycles. The van der Waals surface area contributed by atoms with Crippen molar-refractivity contribution in [2.45, 2.75) is 39.8 Å². The Labute approximate surface area is 142 Å². The third-order valence-electron chi connectivity index (χ3n) is 4.00. The van der Waals surface area contributed by atoms with Crippen LogP contribution in [0.4, 0.5) is 0 Å². The van der Waals surface area contributed by atoms with E-state index < -0.39 is 0 Å². The molecule has 0 saturated heterocycles. The maximum Gasteiger partial charge on any atom is 0.119 e. The maximum atomic E-state index is 5.82. The van der Waals surface area contributed by atoms with Crippen molar-refractivity contribution in [1.82, 2.24) is 15.1 Å². The number of rotatable bonds is 12. The summed E-state index contributed by atoms with van der Waals surface area (Å²) in [6, 6.07) is 8.93. The van der Waals surface area contributed by atoms with Gasteiger partial charge in [-0.25, -0.2) is 0 Å². The highest BCUT2D eigenvalue weighted by atomic mass is 16.5. The summed E-state index contributed by atoms with van der Waals surface area (Å²) in [6.45, 7) is 12.7. The Kier molecular flexibility index (Phi) is 9.92. The van der Waals surface area contributed by atoms with Crippen LogP contribution in [0.25, 0.3) is 0 Å². The zero-order chi connectivity index (χ0) is 17.1. The highest BCUT2D eigenvalue weighted by Crippen LogP contribution is 2.12. The number of hydrogen-bond acceptors (Lipinski definition) is 4. The summed E-state index contributed by atoms with van der Waals surface area (Å²) < 4.78 is 5.82. The van der Waals surface area contributed by atoms with Gasteiger partial charge in [0, 0.05) is 25.7 Å². The monoisotopic (exact) mass is 321 g/mol. The van der Waals surface area contributed by atoms with Crippen molar-refractivity contribution < 1.29 is 4.74 Å². The molecular weight excluding hydrogens is 286 g/mol. The van der Waals surface area contributed by atoms with Crippen molar-refractivity contribution in [3.8, 4) is 5.75 Å². The van der Waals surface area contributed by atoms with Crippen LogP contribution in [0, 0.1) is 0 Å². The van der Waals surface area contributed by atoms with Gasteiger partial charge < -0.3 is 19.9 Å². The number of likely N-dealkylation sites (N-methyl/N-ethyl adjacent to an activating group) is 1. The molecule has 0 amide bonds. The second-order valence-electron chi connectivity index (χ2n) is 6.42. The Morgan fingerprint density at radius 2 is 1.74 bits per heavy atom. The van der Waals surface area contributed by atoms with Gasteiger partial charge in [-0.1, -0.05) is 26.0 Å².